The van der Waals surface area contributed by atoms with Crippen LogP contribution in [0.4, 0.5) is 0 Å². The lowest BCUT2D eigenvalue weighted by Crippen LogP contribution is -2.47. The molecule has 2 nitrogen and oxygen atoms in total. The number of benzene rings is 1. The zero-order chi connectivity index (χ0) is 13.8. The van der Waals surface area contributed by atoms with Gasteiger partial charge in [-0.1, -0.05) is 49.6 Å². The summed E-state index contributed by atoms with van der Waals surface area (Å²) in [5, 5.41) is 9.92. The number of aliphatic hydroxyl groups excluding tert-OH is 1. The summed E-state index contributed by atoms with van der Waals surface area (Å²) < 4.78 is 0. The minimum atomic E-state index is -0.111. The topological polar surface area (TPSA) is 23.5 Å². The Hall–Kier alpha value is -0.860. The fraction of sp³-hybridized carbons (Fsp3) is 0.667. The van der Waals surface area contributed by atoms with Crippen molar-refractivity contribution in [3.8, 4) is 0 Å². The highest BCUT2D eigenvalue weighted by atomic mass is 16.3. The molecule has 1 aliphatic carbocycles. The van der Waals surface area contributed by atoms with Gasteiger partial charge in [-0.25, -0.2) is 0 Å². The Balaban J connectivity index is 1.79. The lowest BCUT2D eigenvalue weighted by molar-refractivity contribution is 0.0510. The van der Waals surface area contributed by atoms with Crippen LogP contribution in [0.2, 0.25) is 0 Å². The minimum absolute atomic E-state index is 0.111. The number of hydrogen-bond acceptors (Lipinski definition) is 2. The first kappa shape index (κ1) is 14.1. The third kappa shape index (κ3) is 3.07. The van der Waals surface area contributed by atoms with Gasteiger partial charge in [-0.05, 0) is 37.8 Å². The standard InChI is InChI=1S/C18H27NO/c20-17-10-7-13-19(14-17)15-18(11-5-2-6-12-18)16-8-3-1-4-9-16/h1,3-4,8-9,17,20H,2,5-7,10-15H2/t17-/m0/s1. The number of hydrogen-bond donors (Lipinski definition) is 1. The summed E-state index contributed by atoms with van der Waals surface area (Å²) in [7, 11) is 0. The number of likely N-dealkylation sites (tertiary alicyclic amines) is 1. The molecule has 20 heavy (non-hydrogen) atoms. The molecule has 0 aromatic heterocycles. The molecule has 1 aromatic carbocycles. The third-order valence-electron chi connectivity index (χ3n) is 5.20. The zero-order valence-corrected chi connectivity index (χ0v) is 12.4. The van der Waals surface area contributed by atoms with E-state index in [1.807, 2.05) is 0 Å². The average molecular weight is 273 g/mol. The largest absolute Gasteiger partial charge is 0.392 e. The van der Waals surface area contributed by atoms with E-state index in [1.165, 1.54) is 37.7 Å². The summed E-state index contributed by atoms with van der Waals surface area (Å²) in [5.41, 5.74) is 1.84. The smallest absolute Gasteiger partial charge is 0.0667 e. The van der Waals surface area contributed by atoms with Gasteiger partial charge >= 0.3 is 0 Å². The van der Waals surface area contributed by atoms with Crippen LogP contribution in [-0.4, -0.2) is 35.7 Å². The van der Waals surface area contributed by atoms with Crippen LogP contribution in [0.5, 0.6) is 0 Å². The molecule has 1 saturated heterocycles. The SMILES string of the molecule is O[C@H]1CCCN(CC2(c3ccccc3)CCCCC2)C1. The Bertz CT molecular complexity index is 411. The maximum absolute atomic E-state index is 9.92. The maximum atomic E-state index is 9.92. The van der Waals surface area contributed by atoms with Crippen LogP contribution in [0.3, 0.4) is 0 Å². The van der Waals surface area contributed by atoms with Crippen LogP contribution < -0.4 is 0 Å². The summed E-state index contributed by atoms with van der Waals surface area (Å²) in [6.07, 6.45) is 8.72. The molecule has 0 unspecified atom stereocenters. The molecule has 0 spiro atoms. The molecule has 0 bridgehead atoms. The number of rotatable bonds is 3. The van der Waals surface area contributed by atoms with Crippen molar-refractivity contribution < 1.29 is 5.11 Å². The highest BCUT2D eigenvalue weighted by molar-refractivity contribution is 5.26. The third-order valence-corrected chi connectivity index (χ3v) is 5.20. The van der Waals surface area contributed by atoms with Gasteiger partial charge in [0.15, 0.2) is 0 Å². The fourth-order valence-electron chi connectivity index (χ4n) is 4.16. The van der Waals surface area contributed by atoms with E-state index in [9.17, 15) is 5.11 Å². The normalized spacial score (nSPS) is 27.4. The van der Waals surface area contributed by atoms with Gasteiger partial charge in [-0.15, -0.1) is 0 Å². The molecule has 1 heterocycles. The Morgan fingerprint density at radius 1 is 1.05 bits per heavy atom. The molecule has 1 aromatic rings. The van der Waals surface area contributed by atoms with Gasteiger partial charge in [0.05, 0.1) is 6.10 Å². The van der Waals surface area contributed by atoms with Crippen LogP contribution in [0.1, 0.15) is 50.5 Å². The van der Waals surface area contributed by atoms with Crippen molar-refractivity contribution in [3.63, 3.8) is 0 Å². The van der Waals surface area contributed by atoms with Crippen molar-refractivity contribution in [2.75, 3.05) is 19.6 Å². The molecule has 2 fully saturated rings. The Morgan fingerprint density at radius 3 is 2.50 bits per heavy atom. The zero-order valence-electron chi connectivity index (χ0n) is 12.4. The fourth-order valence-corrected chi connectivity index (χ4v) is 4.16. The van der Waals surface area contributed by atoms with Crippen LogP contribution in [-0.2, 0) is 5.41 Å². The van der Waals surface area contributed by atoms with Crippen molar-refractivity contribution >= 4 is 0 Å². The first-order valence-electron chi connectivity index (χ1n) is 8.24. The monoisotopic (exact) mass is 273 g/mol. The Labute approximate surface area is 122 Å². The lowest BCUT2D eigenvalue weighted by atomic mass is 9.69. The van der Waals surface area contributed by atoms with E-state index in [2.05, 4.69) is 35.2 Å². The van der Waals surface area contributed by atoms with E-state index in [0.29, 0.717) is 5.41 Å². The molecule has 3 rings (SSSR count). The molecular formula is C18H27NO. The van der Waals surface area contributed by atoms with Crippen molar-refractivity contribution in [2.45, 2.75) is 56.5 Å². The van der Waals surface area contributed by atoms with Gasteiger partial charge in [-0.3, -0.25) is 4.90 Å². The summed E-state index contributed by atoms with van der Waals surface area (Å²) in [4.78, 5) is 2.51. The second-order valence-electron chi connectivity index (χ2n) is 6.74. The number of nitrogens with zero attached hydrogens (tertiary/aromatic N) is 1. The lowest BCUT2D eigenvalue weighted by Gasteiger charge is -2.43. The van der Waals surface area contributed by atoms with E-state index < -0.39 is 0 Å². The van der Waals surface area contributed by atoms with Crippen LogP contribution >= 0.6 is 0 Å². The van der Waals surface area contributed by atoms with Crippen LogP contribution in [0.25, 0.3) is 0 Å². The minimum Gasteiger partial charge on any atom is -0.392 e. The predicted octanol–water partition coefficient (Wildman–Crippen LogP) is 3.35. The average Bonchev–Trinajstić information content (AvgIpc) is 2.49. The highest BCUT2D eigenvalue weighted by Gasteiger charge is 2.36. The molecule has 0 radical (unpaired) electrons. The van der Waals surface area contributed by atoms with Gasteiger partial charge in [0, 0.05) is 18.5 Å². The van der Waals surface area contributed by atoms with Crippen molar-refractivity contribution in [1.82, 2.24) is 4.90 Å². The molecule has 2 aliphatic rings. The first-order valence-corrected chi connectivity index (χ1v) is 8.24. The van der Waals surface area contributed by atoms with Gasteiger partial charge in [0.2, 0.25) is 0 Å². The number of piperidine rings is 1. The van der Waals surface area contributed by atoms with E-state index in [-0.39, 0.29) is 6.10 Å². The van der Waals surface area contributed by atoms with E-state index in [1.54, 1.807) is 0 Å². The van der Waals surface area contributed by atoms with E-state index in [0.717, 1.165) is 32.5 Å². The summed E-state index contributed by atoms with van der Waals surface area (Å²) in [6, 6.07) is 11.1. The highest BCUT2D eigenvalue weighted by Crippen LogP contribution is 2.40. The summed E-state index contributed by atoms with van der Waals surface area (Å²) >= 11 is 0. The van der Waals surface area contributed by atoms with E-state index >= 15 is 0 Å². The molecule has 1 atom stereocenters. The Kier molecular flexibility index (Phi) is 4.42. The van der Waals surface area contributed by atoms with Gasteiger partial charge in [-0.2, -0.15) is 0 Å². The van der Waals surface area contributed by atoms with Crippen LogP contribution in [0.15, 0.2) is 30.3 Å². The van der Waals surface area contributed by atoms with Crippen molar-refractivity contribution in [2.24, 2.45) is 0 Å². The maximum Gasteiger partial charge on any atom is 0.0667 e. The molecular weight excluding hydrogens is 246 g/mol. The van der Waals surface area contributed by atoms with E-state index in [4.69, 9.17) is 0 Å². The summed E-state index contributed by atoms with van der Waals surface area (Å²) in [5.74, 6) is 0. The molecule has 1 aliphatic heterocycles. The van der Waals surface area contributed by atoms with Crippen molar-refractivity contribution in [3.05, 3.63) is 35.9 Å². The quantitative estimate of drug-likeness (QED) is 0.913. The van der Waals surface area contributed by atoms with Crippen molar-refractivity contribution in [1.29, 1.82) is 0 Å². The number of β-amino-alcohol motifs (C(OH)–C–C–N with tert-alkyl or cyclic N) is 1. The first-order chi connectivity index (χ1) is 9.78. The predicted molar refractivity (Wildman–Crippen MR) is 82.9 cm³/mol. The molecule has 1 N–H and O–H groups in total. The van der Waals surface area contributed by atoms with Gasteiger partial charge in [0.25, 0.3) is 0 Å². The van der Waals surface area contributed by atoms with Gasteiger partial charge < -0.3 is 5.11 Å². The molecule has 0 amide bonds. The number of aliphatic hydroxyl groups is 1. The van der Waals surface area contributed by atoms with Crippen LogP contribution in [0, 0.1) is 0 Å². The second kappa shape index (κ2) is 6.28. The Morgan fingerprint density at radius 2 is 1.80 bits per heavy atom. The molecule has 1 saturated carbocycles. The summed E-state index contributed by atoms with van der Waals surface area (Å²) in [6.45, 7) is 3.16. The van der Waals surface area contributed by atoms with Gasteiger partial charge in [0.1, 0.15) is 0 Å². The molecule has 110 valence electrons. The second-order valence-corrected chi connectivity index (χ2v) is 6.74. The molecule has 2 heteroatoms.